The van der Waals surface area contributed by atoms with E-state index in [0.717, 1.165) is 12.8 Å². The van der Waals surface area contributed by atoms with Crippen LogP contribution in [0, 0.1) is 11.8 Å². The summed E-state index contributed by atoms with van der Waals surface area (Å²) in [5.41, 5.74) is 0. The Bertz CT molecular complexity index is 263. The molecule has 4 unspecified atom stereocenters. The molecule has 1 N–H and O–H groups in total. The number of carbonyl (C=O) groups is 1. The fourth-order valence-corrected chi connectivity index (χ4v) is 3.55. The van der Waals surface area contributed by atoms with Crippen molar-refractivity contribution < 1.29 is 14.6 Å². The number of aliphatic hydroxyl groups excluding tert-OH is 1. The summed E-state index contributed by atoms with van der Waals surface area (Å²) < 4.78 is 5.17. The Kier molecular flexibility index (Phi) is 3.93. The molecule has 2 rings (SSSR count). The van der Waals surface area contributed by atoms with Gasteiger partial charge < -0.3 is 0 Å². The van der Waals surface area contributed by atoms with Gasteiger partial charge in [0, 0.05) is 0 Å². The van der Waals surface area contributed by atoms with E-state index in [1.807, 2.05) is 6.92 Å². The Labute approximate surface area is 105 Å². The van der Waals surface area contributed by atoms with Crippen molar-refractivity contribution in [3.05, 3.63) is 0 Å². The maximum absolute atomic E-state index is 11.7. The zero-order valence-electron chi connectivity index (χ0n) is 9.59. The number of esters is 1. The van der Waals surface area contributed by atoms with Gasteiger partial charge in [0.25, 0.3) is 0 Å². The van der Waals surface area contributed by atoms with Crippen LogP contribution in [0.5, 0.6) is 0 Å². The first-order valence-corrected chi connectivity index (χ1v) is 7.14. The third-order valence-corrected chi connectivity index (χ3v) is 5.31. The fourth-order valence-electron chi connectivity index (χ4n) is 2.86. The Morgan fingerprint density at radius 2 is 2.00 bits per heavy atom. The molecule has 1 radical (unpaired) electrons. The summed E-state index contributed by atoms with van der Waals surface area (Å²) in [4.78, 5) is 11.7. The van der Waals surface area contributed by atoms with Gasteiger partial charge in [0.15, 0.2) is 0 Å². The van der Waals surface area contributed by atoms with Crippen LogP contribution in [0.3, 0.4) is 0 Å². The summed E-state index contributed by atoms with van der Waals surface area (Å²) in [7, 11) is 0. The summed E-state index contributed by atoms with van der Waals surface area (Å²) >= 11 is 2.98. The van der Waals surface area contributed by atoms with Crippen LogP contribution < -0.4 is 0 Å². The fraction of sp³-hybridized carbons (Fsp3) is 0.917. The molecule has 1 saturated carbocycles. The SMILES string of the molecule is CC1OC(=O)C(C(O)C2CCCCC2)C1[Se]. The van der Waals surface area contributed by atoms with Crippen molar-refractivity contribution in [1.82, 2.24) is 0 Å². The molecule has 0 aromatic carbocycles. The molecule has 4 heteroatoms. The molecule has 1 aliphatic carbocycles. The van der Waals surface area contributed by atoms with Gasteiger partial charge in [0.1, 0.15) is 0 Å². The van der Waals surface area contributed by atoms with E-state index in [2.05, 4.69) is 16.0 Å². The standard InChI is InChI=1S/C12H19O3Se/c1-7-11(16)9(12(14)15-7)10(13)8-5-3-2-4-6-8/h7-11,13H,2-6H2,1H3. The van der Waals surface area contributed by atoms with Gasteiger partial charge in [0.2, 0.25) is 0 Å². The van der Waals surface area contributed by atoms with Gasteiger partial charge in [-0.25, -0.2) is 0 Å². The molecule has 4 atom stereocenters. The molecule has 0 amide bonds. The normalized spacial score (nSPS) is 38.4. The zero-order chi connectivity index (χ0) is 11.7. The molecule has 91 valence electrons. The van der Waals surface area contributed by atoms with Gasteiger partial charge in [-0.1, -0.05) is 0 Å². The molecule has 16 heavy (non-hydrogen) atoms. The molecular weight excluding hydrogens is 271 g/mol. The summed E-state index contributed by atoms with van der Waals surface area (Å²) in [6, 6.07) is 0. The van der Waals surface area contributed by atoms with Gasteiger partial charge >= 0.3 is 105 Å². The Hall–Kier alpha value is -0.0505. The second-order valence-corrected chi connectivity index (χ2v) is 6.16. The number of hydrogen-bond donors (Lipinski definition) is 1. The molecule has 3 nitrogen and oxygen atoms in total. The van der Waals surface area contributed by atoms with Crippen LogP contribution in [0.4, 0.5) is 0 Å². The second kappa shape index (κ2) is 5.07. The summed E-state index contributed by atoms with van der Waals surface area (Å²) in [6.45, 7) is 1.88. The number of aliphatic hydroxyl groups is 1. The van der Waals surface area contributed by atoms with E-state index in [-0.39, 0.29) is 28.7 Å². The molecule has 0 spiro atoms. The Balaban J connectivity index is 2.02. The number of ether oxygens (including phenoxy) is 1. The number of hydrogen-bond acceptors (Lipinski definition) is 3. The second-order valence-electron chi connectivity index (χ2n) is 5.02. The average molecular weight is 290 g/mol. The monoisotopic (exact) mass is 291 g/mol. The summed E-state index contributed by atoms with van der Waals surface area (Å²) in [5.74, 6) is -0.292. The third-order valence-electron chi connectivity index (χ3n) is 3.89. The van der Waals surface area contributed by atoms with Crippen LogP contribution in [0.1, 0.15) is 39.0 Å². The van der Waals surface area contributed by atoms with Crippen LogP contribution in [0.25, 0.3) is 0 Å². The molecule has 0 bridgehead atoms. The van der Waals surface area contributed by atoms with Gasteiger partial charge in [0.05, 0.1) is 0 Å². The predicted molar refractivity (Wildman–Crippen MR) is 61.1 cm³/mol. The van der Waals surface area contributed by atoms with E-state index in [9.17, 15) is 9.90 Å². The third kappa shape index (κ3) is 2.29. The number of cyclic esters (lactones) is 1. The van der Waals surface area contributed by atoms with Crippen LogP contribution in [-0.4, -0.2) is 39.3 Å². The topological polar surface area (TPSA) is 46.5 Å². The quantitative estimate of drug-likeness (QED) is 0.618. The molecule has 1 saturated heterocycles. The van der Waals surface area contributed by atoms with E-state index >= 15 is 0 Å². The number of rotatable bonds is 2. The van der Waals surface area contributed by atoms with E-state index in [1.165, 1.54) is 19.3 Å². The first-order valence-electron chi connectivity index (χ1n) is 6.15. The minimum absolute atomic E-state index is 0.0180. The Morgan fingerprint density at radius 1 is 1.38 bits per heavy atom. The van der Waals surface area contributed by atoms with E-state index in [0.29, 0.717) is 0 Å². The van der Waals surface area contributed by atoms with E-state index in [1.54, 1.807) is 0 Å². The molecule has 0 aromatic heterocycles. The molecular formula is C12H19O3Se. The van der Waals surface area contributed by atoms with Crippen molar-refractivity contribution in [2.24, 2.45) is 11.8 Å². The van der Waals surface area contributed by atoms with Crippen molar-refractivity contribution in [2.45, 2.75) is 56.1 Å². The van der Waals surface area contributed by atoms with Crippen molar-refractivity contribution in [3.63, 3.8) is 0 Å². The number of carbonyl (C=O) groups excluding carboxylic acids is 1. The van der Waals surface area contributed by atoms with Gasteiger partial charge in [-0.15, -0.1) is 0 Å². The van der Waals surface area contributed by atoms with Crippen molar-refractivity contribution in [2.75, 3.05) is 0 Å². The van der Waals surface area contributed by atoms with Gasteiger partial charge in [-0.05, 0) is 0 Å². The van der Waals surface area contributed by atoms with Gasteiger partial charge in [-0.3, -0.25) is 0 Å². The van der Waals surface area contributed by atoms with Crippen LogP contribution in [-0.2, 0) is 9.53 Å². The summed E-state index contributed by atoms with van der Waals surface area (Å²) in [6.07, 6.45) is 5.09. The average Bonchev–Trinajstić information content (AvgIpc) is 2.54. The first-order chi connectivity index (χ1) is 7.61. The minimum atomic E-state index is -0.524. The summed E-state index contributed by atoms with van der Waals surface area (Å²) in [5, 5.41) is 10.3. The van der Waals surface area contributed by atoms with Crippen molar-refractivity contribution in [1.29, 1.82) is 0 Å². The molecule has 0 aromatic rings. The predicted octanol–water partition coefficient (Wildman–Crippen LogP) is 1.45. The molecule has 1 heterocycles. The van der Waals surface area contributed by atoms with Gasteiger partial charge in [-0.2, -0.15) is 0 Å². The van der Waals surface area contributed by atoms with Crippen molar-refractivity contribution >= 4 is 22.0 Å². The zero-order valence-corrected chi connectivity index (χ0v) is 11.3. The molecule has 2 fully saturated rings. The van der Waals surface area contributed by atoms with Crippen molar-refractivity contribution in [3.8, 4) is 0 Å². The molecule has 1 aliphatic heterocycles. The van der Waals surface area contributed by atoms with Crippen LogP contribution in [0.15, 0.2) is 0 Å². The van der Waals surface area contributed by atoms with E-state index in [4.69, 9.17) is 4.74 Å². The maximum atomic E-state index is 11.7. The first kappa shape index (κ1) is 12.4. The van der Waals surface area contributed by atoms with Crippen LogP contribution in [0.2, 0.25) is 4.82 Å². The van der Waals surface area contributed by atoms with Crippen LogP contribution >= 0.6 is 0 Å². The van der Waals surface area contributed by atoms with E-state index < -0.39 is 6.10 Å². The molecule has 2 aliphatic rings. The Morgan fingerprint density at radius 3 is 2.50 bits per heavy atom.